The first kappa shape index (κ1) is 7.21. The molecule has 8 heavy (non-hydrogen) atoms. The van der Waals surface area contributed by atoms with E-state index in [1.165, 1.54) is 0 Å². The van der Waals surface area contributed by atoms with E-state index in [4.69, 9.17) is 5.11 Å². The van der Waals surface area contributed by atoms with Crippen LogP contribution in [0.2, 0.25) is 0 Å². The zero-order valence-electron chi connectivity index (χ0n) is 5.09. The van der Waals surface area contributed by atoms with E-state index in [1.54, 1.807) is 26.0 Å². The zero-order valence-corrected chi connectivity index (χ0v) is 5.09. The summed E-state index contributed by atoms with van der Waals surface area (Å²) in [4.78, 5) is 10.0. The van der Waals surface area contributed by atoms with Crippen LogP contribution in [0.15, 0.2) is 12.2 Å². The van der Waals surface area contributed by atoms with Gasteiger partial charge in [-0.25, -0.2) is 0 Å². The van der Waals surface area contributed by atoms with E-state index < -0.39 is 5.97 Å². The maximum Gasteiger partial charge on any atom is 0.310 e. The van der Waals surface area contributed by atoms with Crippen molar-refractivity contribution in [2.24, 2.45) is 5.92 Å². The molecule has 0 aliphatic heterocycles. The van der Waals surface area contributed by atoms with Crippen LogP contribution in [0.4, 0.5) is 0 Å². The first-order valence-corrected chi connectivity index (χ1v) is 2.54. The van der Waals surface area contributed by atoms with E-state index in [0.29, 0.717) is 0 Å². The summed E-state index contributed by atoms with van der Waals surface area (Å²) in [5.74, 6) is -1.12. The highest BCUT2D eigenvalue weighted by atomic mass is 16.4. The zero-order chi connectivity index (χ0) is 6.57. The van der Waals surface area contributed by atoms with Gasteiger partial charge in [0.1, 0.15) is 0 Å². The molecule has 0 aliphatic carbocycles. The quantitative estimate of drug-likeness (QED) is 0.549. The minimum absolute atomic E-state index is 0.347. The Morgan fingerprint density at radius 1 is 1.75 bits per heavy atom. The number of hydrogen-bond acceptors (Lipinski definition) is 1. The van der Waals surface area contributed by atoms with Crippen LogP contribution in [-0.2, 0) is 4.79 Å². The molecule has 0 unspecified atom stereocenters. The first-order chi connectivity index (χ1) is 3.68. The van der Waals surface area contributed by atoms with Crippen molar-refractivity contribution in [3.05, 3.63) is 12.2 Å². The fraction of sp³-hybridized carbons (Fsp3) is 0.500. The number of rotatable bonds is 2. The molecule has 1 atom stereocenters. The second kappa shape index (κ2) is 3.24. The van der Waals surface area contributed by atoms with E-state index in [0.717, 1.165) is 0 Å². The van der Waals surface area contributed by atoms with Gasteiger partial charge in [-0.3, -0.25) is 4.79 Å². The average molecular weight is 114 g/mol. The average Bonchev–Trinajstić information content (AvgIpc) is 1.67. The number of carboxylic acid groups (broad SMARTS) is 1. The maximum atomic E-state index is 10.0. The highest BCUT2D eigenvalue weighted by molar-refractivity contribution is 5.71. The molecule has 0 saturated heterocycles. The summed E-state index contributed by atoms with van der Waals surface area (Å²) in [6.07, 6.45) is 3.38. The number of allylic oxidation sites excluding steroid dienone is 1. The lowest BCUT2D eigenvalue weighted by molar-refractivity contribution is -0.139. The third kappa shape index (κ3) is 2.39. The van der Waals surface area contributed by atoms with Crippen LogP contribution >= 0.6 is 0 Å². The lowest BCUT2D eigenvalue weighted by Gasteiger charge is -1.93. The van der Waals surface area contributed by atoms with Gasteiger partial charge in [0.15, 0.2) is 0 Å². The summed E-state index contributed by atoms with van der Waals surface area (Å²) >= 11 is 0. The third-order valence-electron chi connectivity index (χ3n) is 0.871. The molecule has 0 saturated carbocycles. The van der Waals surface area contributed by atoms with Crippen LogP contribution in [0.3, 0.4) is 0 Å². The normalized spacial score (nSPS) is 14.2. The van der Waals surface area contributed by atoms with Crippen molar-refractivity contribution in [2.75, 3.05) is 0 Å². The molecule has 46 valence electrons. The molecule has 0 rings (SSSR count). The summed E-state index contributed by atoms with van der Waals surface area (Å²) in [6, 6.07) is 0. The van der Waals surface area contributed by atoms with Gasteiger partial charge < -0.3 is 5.11 Å². The van der Waals surface area contributed by atoms with Crippen LogP contribution in [0.5, 0.6) is 0 Å². The molecule has 2 nitrogen and oxygen atoms in total. The monoisotopic (exact) mass is 114 g/mol. The molecule has 0 aromatic heterocycles. The standard InChI is InChI=1S/C6H10O2/c1-3-4-5(2)6(7)8/h3-5H,1-2H3,(H,7,8)/t5-/m0/s1. The second-order valence-corrected chi connectivity index (χ2v) is 1.65. The SMILES string of the molecule is CC=C[C@H](C)C(=O)O. The van der Waals surface area contributed by atoms with Crippen molar-refractivity contribution in [2.45, 2.75) is 13.8 Å². The Kier molecular flexibility index (Phi) is 2.92. The third-order valence-corrected chi connectivity index (χ3v) is 0.871. The van der Waals surface area contributed by atoms with Crippen molar-refractivity contribution in [1.29, 1.82) is 0 Å². The highest BCUT2D eigenvalue weighted by Gasteiger charge is 2.03. The summed E-state index contributed by atoms with van der Waals surface area (Å²) in [5, 5.41) is 8.26. The fourth-order valence-electron chi connectivity index (χ4n) is 0.371. The maximum absolute atomic E-state index is 10.0. The van der Waals surface area contributed by atoms with E-state index in [-0.39, 0.29) is 5.92 Å². The van der Waals surface area contributed by atoms with Crippen molar-refractivity contribution >= 4 is 5.97 Å². The molecule has 0 aliphatic rings. The molecule has 0 bridgehead atoms. The number of aliphatic carboxylic acids is 1. The minimum Gasteiger partial charge on any atom is -0.481 e. The Bertz CT molecular complexity index is 105. The summed E-state index contributed by atoms with van der Waals surface area (Å²) < 4.78 is 0. The molecular weight excluding hydrogens is 104 g/mol. The van der Waals surface area contributed by atoms with Gasteiger partial charge in [-0.1, -0.05) is 12.2 Å². The van der Waals surface area contributed by atoms with Crippen molar-refractivity contribution < 1.29 is 9.90 Å². The molecule has 0 spiro atoms. The van der Waals surface area contributed by atoms with Crippen LogP contribution < -0.4 is 0 Å². The number of hydrogen-bond donors (Lipinski definition) is 1. The summed E-state index contributed by atoms with van der Waals surface area (Å²) in [6.45, 7) is 3.45. The van der Waals surface area contributed by atoms with Crippen LogP contribution in [-0.4, -0.2) is 11.1 Å². The largest absolute Gasteiger partial charge is 0.481 e. The molecule has 1 N–H and O–H groups in total. The van der Waals surface area contributed by atoms with Gasteiger partial charge in [0.05, 0.1) is 5.92 Å². The number of carboxylic acids is 1. The van der Waals surface area contributed by atoms with Crippen molar-refractivity contribution in [3.8, 4) is 0 Å². The van der Waals surface area contributed by atoms with Gasteiger partial charge in [-0.05, 0) is 13.8 Å². The fourth-order valence-corrected chi connectivity index (χ4v) is 0.371. The minimum atomic E-state index is -0.775. The molecule has 2 heteroatoms. The Hall–Kier alpha value is -0.790. The summed E-state index contributed by atoms with van der Waals surface area (Å²) in [5.41, 5.74) is 0. The van der Waals surface area contributed by atoms with Crippen LogP contribution in [0.25, 0.3) is 0 Å². The van der Waals surface area contributed by atoms with Gasteiger partial charge in [0, 0.05) is 0 Å². The molecule has 0 aromatic rings. The Labute approximate surface area is 48.8 Å². The van der Waals surface area contributed by atoms with E-state index >= 15 is 0 Å². The predicted molar refractivity (Wildman–Crippen MR) is 31.6 cm³/mol. The highest BCUT2D eigenvalue weighted by Crippen LogP contribution is 1.94. The van der Waals surface area contributed by atoms with Gasteiger partial charge in [0.25, 0.3) is 0 Å². The van der Waals surface area contributed by atoms with E-state index in [9.17, 15) is 4.79 Å². The lowest BCUT2D eigenvalue weighted by Crippen LogP contribution is -2.05. The van der Waals surface area contributed by atoms with Gasteiger partial charge in [-0.15, -0.1) is 0 Å². The van der Waals surface area contributed by atoms with Crippen molar-refractivity contribution in [1.82, 2.24) is 0 Å². The van der Waals surface area contributed by atoms with Crippen LogP contribution in [0, 0.1) is 5.92 Å². The number of carbonyl (C=O) groups is 1. The predicted octanol–water partition coefficient (Wildman–Crippen LogP) is 1.28. The lowest BCUT2D eigenvalue weighted by atomic mass is 10.2. The smallest absolute Gasteiger partial charge is 0.310 e. The molecule has 0 radical (unpaired) electrons. The molecule has 0 aromatic carbocycles. The molecule has 0 amide bonds. The Morgan fingerprint density at radius 2 is 2.25 bits per heavy atom. The van der Waals surface area contributed by atoms with Gasteiger partial charge >= 0.3 is 5.97 Å². The Balaban J connectivity index is 3.64. The van der Waals surface area contributed by atoms with Crippen molar-refractivity contribution in [3.63, 3.8) is 0 Å². The van der Waals surface area contributed by atoms with Crippen LogP contribution in [0.1, 0.15) is 13.8 Å². The summed E-state index contributed by atoms with van der Waals surface area (Å²) in [7, 11) is 0. The second-order valence-electron chi connectivity index (χ2n) is 1.65. The van der Waals surface area contributed by atoms with Gasteiger partial charge in [0.2, 0.25) is 0 Å². The Morgan fingerprint density at radius 3 is 2.38 bits per heavy atom. The van der Waals surface area contributed by atoms with Gasteiger partial charge in [-0.2, -0.15) is 0 Å². The molecular formula is C6H10O2. The topological polar surface area (TPSA) is 37.3 Å². The first-order valence-electron chi connectivity index (χ1n) is 2.54. The molecule has 0 fully saturated rings. The van der Waals surface area contributed by atoms with E-state index in [1.807, 2.05) is 0 Å². The van der Waals surface area contributed by atoms with E-state index in [2.05, 4.69) is 0 Å². The molecule has 0 heterocycles.